The molecule has 1 rings (SSSR count). The Kier molecular flexibility index (Phi) is 9.23. The molecule has 0 spiro atoms. The Morgan fingerprint density at radius 2 is 2.00 bits per heavy atom. The van der Waals surface area contributed by atoms with Crippen LogP contribution in [0.5, 0.6) is 11.5 Å². The summed E-state index contributed by atoms with van der Waals surface area (Å²) in [5.41, 5.74) is 0.985. The number of rotatable bonds is 11. The van der Waals surface area contributed by atoms with Crippen LogP contribution in [0.25, 0.3) is 0 Å². The van der Waals surface area contributed by atoms with E-state index >= 15 is 0 Å². The summed E-state index contributed by atoms with van der Waals surface area (Å²) >= 11 is 0. The fourth-order valence-corrected chi connectivity index (χ4v) is 2.71. The van der Waals surface area contributed by atoms with Gasteiger partial charge in [0.15, 0.2) is 11.5 Å². The molecule has 0 aliphatic heterocycles. The lowest BCUT2D eigenvalue weighted by Gasteiger charge is -2.20. The average molecular weight is 338 g/mol. The van der Waals surface area contributed by atoms with Gasteiger partial charge in [-0.1, -0.05) is 25.8 Å². The minimum atomic E-state index is -0.532. The number of aromatic hydroxyl groups is 1. The van der Waals surface area contributed by atoms with Gasteiger partial charge in [0.05, 0.1) is 13.2 Å². The van der Waals surface area contributed by atoms with Crippen LogP contribution in [0.15, 0.2) is 18.2 Å². The van der Waals surface area contributed by atoms with Gasteiger partial charge >= 0.3 is 5.97 Å². The maximum Gasteiger partial charge on any atom is 0.302 e. The second-order valence-electron chi connectivity index (χ2n) is 6.16. The van der Waals surface area contributed by atoms with Crippen molar-refractivity contribution in [3.8, 4) is 11.5 Å². The highest BCUT2D eigenvalue weighted by Crippen LogP contribution is 2.27. The second-order valence-corrected chi connectivity index (χ2v) is 6.16. The normalized spacial score (nSPS) is 13.3. The van der Waals surface area contributed by atoms with Crippen LogP contribution in [-0.2, 0) is 16.0 Å². The monoisotopic (exact) mass is 338 g/mol. The zero-order valence-corrected chi connectivity index (χ0v) is 15.0. The van der Waals surface area contributed by atoms with Crippen LogP contribution in [0.3, 0.4) is 0 Å². The van der Waals surface area contributed by atoms with Gasteiger partial charge in [0.2, 0.25) is 0 Å². The molecule has 0 saturated carbocycles. The number of carbonyl (C=O) groups is 1. The number of carbonyl (C=O) groups excluding carboxylic acids is 1. The summed E-state index contributed by atoms with van der Waals surface area (Å²) in [4.78, 5) is 11.2. The highest BCUT2D eigenvalue weighted by Gasteiger charge is 2.17. The third-order valence-corrected chi connectivity index (χ3v) is 4.01. The molecule has 5 nitrogen and oxygen atoms in total. The minimum Gasteiger partial charge on any atom is -0.504 e. The molecule has 0 radical (unpaired) electrons. The van der Waals surface area contributed by atoms with E-state index in [4.69, 9.17) is 9.47 Å². The summed E-state index contributed by atoms with van der Waals surface area (Å²) in [6, 6.07) is 5.18. The predicted molar refractivity (Wildman–Crippen MR) is 93.3 cm³/mol. The Balaban J connectivity index is 2.49. The number of hydrogen-bond donors (Lipinski definition) is 2. The Bertz CT molecular complexity index is 501. The van der Waals surface area contributed by atoms with Gasteiger partial charge in [-0.25, -0.2) is 0 Å². The molecule has 0 aromatic heterocycles. The summed E-state index contributed by atoms with van der Waals surface area (Å²) < 4.78 is 10.4. The van der Waals surface area contributed by atoms with Crippen molar-refractivity contribution in [2.75, 3.05) is 7.11 Å². The average Bonchev–Trinajstić information content (AvgIpc) is 2.53. The summed E-state index contributed by atoms with van der Waals surface area (Å²) in [5.74, 6) is 0.235. The predicted octanol–water partition coefficient (Wildman–Crippen LogP) is 3.60. The largest absolute Gasteiger partial charge is 0.504 e. The van der Waals surface area contributed by atoms with Crippen molar-refractivity contribution in [1.82, 2.24) is 0 Å². The topological polar surface area (TPSA) is 76.0 Å². The molecular weight excluding hydrogens is 308 g/mol. The van der Waals surface area contributed by atoms with E-state index in [9.17, 15) is 15.0 Å². The van der Waals surface area contributed by atoms with Crippen LogP contribution in [0.4, 0.5) is 0 Å². The number of unbranched alkanes of at least 4 members (excludes halogenated alkanes) is 2. The van der Waals surface area contributed by atoms with Crippen LogP contribution in [0, 0.1) is 0 Å². The fraction of sp³-hybridized carbons (Fsp3) is 0.632. The number of esters is 1. The summed E-state index contributed by atoms with van der Waals surface area (Å²) in [5, 5.41) is 19.9. The van der Waals surface area contributed by atoms with Gasteiger partial charge in [-0.3, -0.25) is 4.79 Å². The van der Waals surface area contributed by atoms with Crippen molar-refractivity contribution >= 4 is 5.97 Å². The fourth-order valence-electron chi connectivity index (χ4n) is 2.71. The minimum absolute atomic E-state index is 0.104. The first-order chi connectivity index (χ1) is 11.5. The van der Waals surface area contributed by atoms with Crippen LogP contribution in [-0.4, -0.2) is 35.5 Å². The standard InChI is InChI=1S/C19H30O5/c1-4-5-6-7-17(24-14(2)20)13-16(21)10-8-15-9-11-18(22)19(12-15)23-3/h9,11-12,16-17,21-22H,4-8,10,13H2,1-3H3. The van der Waals surface area contributed by atoms with Gasteiger partial charge < -0.3 is 19.7 Å². The smallest absolute Gasteiger partial charge is 0.302 e. The number of hydrogen-bond acceptors (Lipinski definition) is 5. The highest BCUT2D eigenvalue weighted by molar-refractivity contribution is 5.66. The molecule has 0 aliphatic carbocycles. The van der Waals surface area contributed by atoms with Gasteiger partial charge in [-0.2, -0.15) is 0 Å². The molecule has 5 heteroatoms. The van der Waals surface area contributed by atoms with Gasteiger partial charge in [0.1, 0.15) is 6.10 Å². The number of aliphatic hydroxyl groups is 1. The molecule has 0 saturated heterocycles. The van der Waals surface area contributed by atoms with Crippen molar-refractivity contribution in [1.29, 1.82) is 0 Å². The molecule has 0 heterocycles. The van der Waals surface area contributed by atoms with Crippen LogP contribution >= 0.6 is 0 Å². The molecule has 136 valence electrons. The van der Waals surface area contributed by atoms with E-state index in [2.05, 4.69) is 6.92 Å². The van der Waals surface area contributed by atoms with Gasteiger partial charge in [-0.15, -0.1) is 0 Å². The number of ether oxygens (including phenoxy) is 2. The van der Waals surface area contributed by atoms with Crippen molar-refractivity contribution in [3.63, 3.8) is 0 Å². The quantitative estimate of drug-likeness (QED) is 0.476. The van der Waals surface area contributed by atoms with E-state index in [-0.39, 0.29) is 17.8 Å². The number of aliphatic hydroxyl groups excluding tert-OH is 1. The zero-order valence-electron chi connectivity index (χ0n) is 15.0. The van der Waals surface area contributed by atoms with Crippen LogP contribution in [0.1, 0.15) is 57.9 Å². The zero-order chi connectivity index (χ0) is 17.9. The lowest BCUT2D eigenvalue weighted by molar-refractivity contribution is -0.148. The summed E-state index contributed by atoms with van der Waals surface area (Å²) in [6.45, 7) is 3.53. The molecule has 2 unspecified atom stereocenters. The lowest BCUT2D eigenvalue weighted by atomic mass is 9.99. The summed E-state index contributed by atoms with van der Waals surface area (Å²) in [7, 11) is 1.51. The molecule has 0 bridgehead atoms. The van der Waals surface area contributed by atoms with E-state index in [0.29, 0.717) is 25.0 Å². The van der Waals surface area contributed by atoms with E-state index in [0.717, 1.165) is 31.2 Å². The molecule has 2 N–H and O–H groups in total. The molecule has 0 aliphatic rings. The van der Waals surface area contributed by atoms with Gasteiger partial charge in [0, 0.05) is 13.3 Å². The van der Waals surface area contributed by atoms with Crippen LogP contribution < -0.4 is 4.74 Å². The maximum atomic E-state index is 11.2. The van der Waals surface area contributed by atoms with E-state index in [1.54, 1.807) is 12.1 Å². The van der Waals surface area contributed by atoms with E-state index in [1.807, 2.05) is 6.07 Å². The first kappa shape index (κ1) is 20.3. The molecule has 0 fully saturated rings. The molecule has 2 atom stereocenters. The third-order valence-electron chi connectivity index (χ3n) is 4.01. The van der Waals surface area contributed by atoms with Crippen molar-refractivity contribution in [3.05, 3.63) is 23.8 Å². The van der Waals surface area contributed by atoms with Crippen molar-refractivity contribution in [2.24, 2.45) is 0 Å². The Labute approximate surface area is 144 Å². The maximum absolute atomic E-state index is 11.2. The highest BCUT2D eigenvalue weighted by atomic mass is 16.5. The summed E-state index contributed by atoms with van der Waals surface area (Å²) in [6.07, 6.45) is 4.93. The number of methoxy groups -OCH3 is 1. The van der Waals surface area contributed by atoms with Crippen molar-refractivity contribution in [2.45, 2.75) is 71.0 Å². The first-order valence-corrected chi connectivity index (χ1v) is 8.67. The Hall–Kier alpha value is -1.75. The van der Waals surface area contributed by atoms with Gasteiger partial charge in [-0.05, 0) is 43.4 Å². The van der Waals surface area contributed by atoms with E-state index in [1.165, 1.54) is 14.0 Å². The number of phenols is 1. The number of aryl methyl sites for hydroxylation is 1. The molecule has 1 aromatic carbocycles. The van der Waals surface area contributed by atoms with E-state index < -0.39 is 6.10 Å². The molecule has 24 heavy (non-hydrogen) atoms. The van der Waals surface area contributed by atoms with Gasteiger partial charge in [0.25, 0.3) is 0 Å². The molecule has 0 amide bonds. The Morgan fingerprint density at radius 3 is 2.62 bits per heavy atom. The number of benzene rings is 1. The SMILES string of the molecule is CCCCCC(CC(O)CCc1ccc(O)c(OC)c1)OC(C)=O. The van der Waals surface area contributed by atoms with Crippen molar-refractivity contribution < 1.29 is 24.5 Å². The second kappa shape index (κ2) is 10.9. The number of phenolic OH excluding ortho intramolecular Hbond substituents is 1. The first-order valence-electron chi connectivity index (χ1n) is 8.67. The molecular formula is C19H30O5. The Morgan fingerprint density at radius 1 is 1.25 bits per heavy atom. The third kappa shape index (κ3) is 7.68. The molecule has 1 aromatic rings. The van der Waals surface area contributed by atoms with Crippen LogP contribution in [0.2, 0.25) is 0 Å². The lowest BCUT2D eigenvalue weighted by Crippen LogP contribution is -2.23.